The normalized spacial score (nSPS) is 19.5. The van der Waals surface area contributed by atoms with Crippen molar-refractivity contribution < 1.29 is 14.3 Å². The molecule has 0 aromatic carbocycles. The van der Waals surface area contributed by atoms with Gasteiger partial charge >= 0.3 is 0 Å². The minimum Gasteiger partial charge on any atom is -0.385 e. The van der Waals surface area contributed by atoms with Gasteiger partial charge in [-0.15, -0.1) is 0 Å². The first-order valence-electron chi connectivity index (χ1n) is 6.41. The summed E-state index contributed by atoms with van der Waals surface area (Å²) in [5.74, 6) is 0.0495. The SMILES string of the molecule is COCCCNC(=O)CNCCC1CCCO1. The fraction of sp³-hybridized carbons (Fsp3) is 0.917. The highest BCUT2D eigenvalue weighted by molar-refractivity contribution is 5.77. The molecule has 17 heavy (non-hydrogen) atoms. The zero-order chi connectivity index (χ0) is 12.3. The molecule has 1 atom stereocenters. The molecule has 100 valence electrons. The molecule has 1 aliphatic heterocycles. The van der Waals surface area contributed by atoms with Crippen LogP contribution in [0, 0.1) is 0 Å². The Kier molecular flexibility index (Phi) is 7.96. The molecule has 2 N–H and O–H groups in total. The quantitative estimate of drug-likeness (QED) is 0.573. The van der Waals surface area contributed by atoms with Crippen LogP contribution in [-0.2, 0) is 14.3 Å². The number of hydrogen-bond acceptors (Lipinski definition) is 4. The van der Waals surface area contributed by atoms with Gasteiger partial charge in [0.05, 0.1) is 12.6 Å². The van der Waals surface area contributed by atoms with E-state index in [9.17, 15) is 4.79 Å². The molecule has 1 rings (SSSR count). The molecule has 5 heteroatoms. The Labute approximate surface area is 103 Å². The van der Waals surface area contributed by atoms with Crippen LogP contribution in [0.5, 0.6) is 0 Å². The summed E-state index contributed by atoms with van der Waals surface area (Å²) < 4.78 is 10.4. The van der Waals surface area contributed by atoms with Gasteiger partial charge in [0, 0.05) is 26.9 Å². The Morgan fingerprint density at radius 1 is 1.47 bits per heavy atom. The lowest BCUT2D eigenvalue weighted by Crippen LogP contribution is -2.35. The first kappa shape index (κ1) is 14.4. The number of carbonyl (C=O) groups is 1. The average Bonchev–Trinajstić information content (AvgIpc) is 2.83. The summed E-state index contributed by atoms with van der Waals surface area (Å²) in [6, 6.07) is 0. The number of nitrogens with one attached hydrogen (secondary N) is 2. The molecule has 1 amide bonds. The molecule has 1 fully saturated rings. The average molecular weight is 244 g/mol. The Morgan fingerprint density at radius 2 is 2.35 bits per heavy atom. The molecule has 1 saturated heterocycles. The Morgan fingerprint density at radius 3 is 3.06 bits per heavy atom. The highest BCUT2D eigenvalue weighted by Gasteiger charge is 2.14. The summed E-state index contributed by atoms with van der Waals surface area (Å²) in [5, 5.41) is 5.96. The van der Waals surface area contributed by atoms with E-state index >= 15 is 0 Å². The maximum Gasteiger partial charge on any atom is 0.233 e. The molecule has 1 aliphatic rings. The predicted octanol–water partition coefficient (Wildman–Crippen LogP) is 0.298. The second-order valence-corrected chi connectivity index (χ2v) is 4.30. The van der Waals surface area contributed by atoms with E-state index in [0.717, 1.165) is 32.4 Å². The van der Waals surface area contributed by atoms with Crippen molar-refractivity contribution in [3.63, 3.8) is 0 Å². The number of hydrogen-bond donors (Lipinski definition) is 2. The lowest BCUT2D eigenvalue weighted by Gasteiger charge is -2.10. The molecule has 1 heterocycles. The van der Waals surface area contributed by atoms with Gasteiger partial charge in [0.1, 0.15) is 0 Å². The smallest absolute Gasteiger partial charge is 0.233 e. The second-order valence-electron chi connectivity index (χ2n) is 4.30. The first-order valence-corrected chi connectivity index (χ1v) is 6.41. The summed E-state index contributed by atoms with van der Waals surface area (Å²) in [4.78, 5) is 11.4. The third-order valence-electron chi connectivity index (χ3n) is 2.80. The van der Waals surface area contributed by atoms with Crippen LogP contribution in [0.2, 0.25) is 0 Å². The van der Waals surface area contributed by atoms with Gasteiger partial charge in [-0.05, 0) is 32.2 Å². The topological polar surface area (TPSA) is 59.6 Å². The standard InChI is InChI=1S/C12H24N2O3/c1-16-8-3-6-14-12(15)10-13-7-5-11-4-2-9-17-11/h11,13H,2-10H2,1H3,(H,14,15). The van der Waals surface area contributed by atoms with E-state index < -0.39 is 0 Å². The van der Waals surface area contributed by atoms with Crippen LogP contribution in [0.4, 0.5) is 0 Å². The van der Waals surface area contributed by atoms with Gasteiger partial charge in [-0.3, -0.25) is 4.79 Å². The fourth-order valence-corrected chi connectivity index (χ4v) is 1.84. The number of rotatable bonds is 9. The van der Waals surface area contributed by atoms with Crippen molar-refractivity contribution in [1.82, 2.24) is 10.6 Å². The molecule has 0 saturated carbocycles. The largest absolute Gasteiger partial charge is 0.385 e. The second kappa shape index (κ2) is 9.39. The van der Waals surface area contributed by atoms with Crippen LogP contribution in [-0.4, -0.2) is 52.0 Å². The Bertz CT molecular complexity index is 206. The number of carbonyl (C=O) groups excluding carboxylic acids is 1. The zero-order valence-corrected chi connectivity index (χ0v) is 10.7. The summed E-state index contributed by atoms with van der Waals surface area (Å²) in [6.07, 6.45) is 4.58. The van der Waals surface area contributed by atoms with Gasteiger partial charge in [-0.1, -0.05) is 0 Å². The maximum absolute atomic E-state index is 11.4. The number of ether oxygens (including phenoxy) is 2. The first-order chi connectivity index (χ1) is 8.33. The molecule has 5 nitrogen and oxygen atoms in total. The highest BCUT2D eigenvalue weighted by atomic mass is 16.5. The van der Waals surface area contributed by atoms with Gasteiger partial charge in [0.15, 0.2) is 0 Å². The van der Waals surface area contributed by atoms with Crippen LogP contribution in [0.3, 0.4) is 0 Å². The van der Waals surface area contributed by atoms with E-state index in [-0.39, 0.29) is 5.91 Å². The van der Waals surface area contributed by atoms with Gasteiger partial charge in [-0.25, -0.2) is 0 Å². The van der Waals surface area contributed by atoms with Crippen molar-refractivity contribution in [3.05, 3.63) is 0 Å². The summed E-state index contributed by atoms with van der Waals surface area (Å²) in [6.45, 7) is 3.49. The van der Waals surface area contributed by atoms with Crippen molar-refractivity contribution in [2.75, 3.05) is 40.0 Å². The van der Waals surface area contributed by atoms with Gasteiger partial charge in [-0.2, -0.15) is 0 Å². The minimum atomic E-state index is 0.0495. The molecular formula is C12H24N2O3. The van der Waals surface area contributed by atoms with Gasteiger partial charge in [0.25, 0.3) is 0 Å². The molecule has 0 aromatic heterocycles. The van der Waals surface area contributed by atoms with E-state index in [1.807, 2.05) is 0 Å². The summed E-state index contributed by atoms with van der Waals surface area (Å²) >= 11 is 0. The van der Waals surface area contributed by atoms with Crippen LogP contribution in [0.1, 0.15) is 25.7 Å². The third-order valence-corrected chi connectivity index (χ3v) is 2.80. The molecule has 0 bridgehead atoms. The van der Waals surface area contributed by atoms with E-state index in [1.165, 1.54) is 6.42 Å². The van der Waals surface area contributed by atoms with Crippen molar-refractivity contribution in [2.45, 2.75) is 31.8 Å². The van der Waals surface area contributed by atoms with Crippen molar-refractivity contribution >= 4 is 5.91 Å². The molecule has 0 aliphatic carbocycles. The Balaban J connectivity index is 1.85. The van der Waals surface area contributed by atoms with E-state index in [1.54, 1.807) is 7.11 Å². The van der Waals surface area contributed by atoms with Crippen LogP contribution in [0.25, 0.3) is 0 Å². The third kappa shape index (κ3) is 7.31. The number of amides is 1. The van der Waals surface area contributed by atoms with Crippen molar-refractivity contribution in [2.24, 2.45) is 0 Å². The van der Waals surface area contributed by atoms with Crippen LogP contribution >= 0.6 is 0 Å². The lowest BCUT2D eigenvalue weighted by atomic mass is 10.2. The molecular weight excluding hydrogens is 220 g/mol. The maximum atomic E-state index is 11.4. The van der Waals surface area contributed by atoms with Crippen molar-refractivity contribution in [1.29, 1.82) is 0 Å². The van der Waals surface area contributed by atoms with E-state index in [4.69, 9.17) is 9.47 Å². The molecule has 1 unspecified atom stereocenters. The fourth-order valence-electron chi connectivity index (χ4n) is 1.84. The minimum absolute atomic E-state index is 0.0495. The van der Waals surface area contributed by atoms with Crippen LogP contribution in [0.15, 0.2) is 0 Å². The van der Waals surface area contributed by atoms with E-state index in [0.29, 0.717) is 25.8 Å². The number of methoxy groups -OCH3 is 1. The summed E-state index contributed by atoms with van der Waals surface area (Å²) in [5.41, 5.74) is 0. The molecule has 0 spiro atoms. The predicted molar refractivity (Wildman–Crippen MR) is 66.0 cm³/mol. The Hall–Kier alpha value is -0.650. The molecule has 0 aromatic rings. The lowest BCUT2D eigenvalue weighted by molar-refractivity contribution is -0.120. The monoisotopic (exact) mass is 244 g/mol. The van der Waals surface area contributed by atoms with Gasteiger partial charge in [0.2, 0.25) is 5.91 Å². The summed E-state index contributed by atoms with van der Waals surface area (Å²) in [7, 11) is 1.66. The van der Waals surface area contributed by atoms with Gasteiger partial charge < -0.3 is 20.1 Å². The van der Waals surface area contributed by atoms with Crippen molar-refractivity contribution in [3.8, 4) is 0 Å². The van der Waals surface area contributed by atoms with Crippen LogP contribution < -0.4 is 10.6 Å². The highest BCUT2D eigenvalue weighted by Crippen LogP contribution is 2.14. The van der Waals surface area contributed by atoms with E-state index in [2.05, 4.69) is 10.6 Å². The zero-order valence-electron chi connectivity index (χ0n) is 10.7. The molecule has 0 radical (unpaired) electrons.